The third-order valence-electron chi connectivity index (χ3n) is 7.77. The smallest absolute Gasteiger partial charge is 0.269 e. The summed E-state index contributed by atoms with van der Waals surface area (Å²) in [6, 6.07) is 28.2. The van der Waals surface area contributed by atoms with Crippen LogP contribution in [0.3, 0.4) is 0 Å². The van der Waals surface area contributed by atoms with Gasteiger partial charge in [-0.25, -0.2) is 0 Å². The van der Waals surface area contributed by atoms with Gasteiger partial charge in [0.25, 0.3) is 11.4 Å². The molecule has 0 spiro atoms. The van der Waals surface area contributed by atoms with E-state index < -0.39 is 9.85 Å². The normalized spacial score (nSPS) is 21.9. The van der Waals surface area contributed by atoms with E-state index in [0.29, 0.717) is 0 Å². The second kappa shape index (κ2) is 15.1. The average Bonchev–Trinajstić information content (AvgIpc) is 3.60. The summed E-state index contributed by atoms with van der Waals surface area (Å²) in [5, 5.41) is 24.6. The highest BCUT2D eigenvalue weighted by atomic mass is 16.6. The quantitative estimate of drug-likeness (QED) is 0.0984. The zero-order chi connectivity index (χ0) is 31.4. The van der Waals surface area contributed by atoms with Crippen molar-refractivity contribution < 1.29 is 12.7 Å². The first-order valence-corrected chi connectivity index (χ1v) is 13.9. The highest BCUT2D eigenvalue weighted by molar-refractivity contribution is 5.42. The lowest BCUT2D eigenvalue weighted by atomic mass is 10.0. The number of anilines is 2. The zero-order valence-electron chi connectivity index (χ0n) is 25.0. The average molecular weight is 601 g/mol. The molecule has 6 N–H and O–H groups in total. The van der Waals surface area contributed by atoms with Crippen molar-refractivity contribution in [2.24, 2.45) is 0 Å². The van der Waals surface area contributed by atoms with Crippen LogP contribution in [-0.4, -0.2) is 9.85 Å². The van der Waals surface area contributed by atoms with E-state index in [2.05, 4.69) is 0 Å². The van der Waals surface area contributed by atoms with Crippen LogP contribution < -0.4 is 22.1 Å². The molecule has 0 saturated carbocycles. The minimum Gasteiger partial charge on any atom is -0.399 e. The van der Waals surface area contributed by atoms with Crippen LogP contribution in [-0.2, 0) is 0 Å². The van der Waals surface area contributed by atoms with Crippen LogP contribution in [0.15, 0.2) is 97.1 Å². The minimum absolute atomic E-state index is 0. The molecule has 2 fully saturated rings. The van der Waals surface area contributed by atoms with Gasteiger partial charge in [-0.05, 0) is 72.2 Å². The Morgan fingerprint density at radius 1 is 0.523 bits per heavy atom. The molecule has 2 heterocycles. The number of nitro benzene ring substituents is 2. The number of nitro groups is 2. The van der Waals surface area contributed by atoms with E-state index in [4.69, 9.17) is 14.3 Å². The number of nitrogens with two attached hydrogens (primary N) is 2. The van der Waals surface area contributed by atoms with Gasteiger partial charge >= 0.3 is 0 Å². The summed E-state index contributed by atoms with van der Waals surface area (Å²) in [4.78, 5) is 20.5. The van der Waals surface area contributed by atoms with Crippen molar-refractivity contribution in [3.8, 4) is 0 Å². The van der Waals surface area contributed by atoms with Crippen molar-refractivity contribution in [3.63, 3.8) is 0 Å². The molecule has 6 rings (SSSR count). The first kappa shape index (κ1) is 30.7. The molecule has 2 saturated heterocycles. The molecule has 0 aliphatic carbocycles. The monoisotopic (exact) mass is 600 g/mol. The lowest BCUT2D eigenvalue weighted by Crippen LogP contribution is -2.17. The summed E-state index contributed by atoms with van der Waals surface area (Å²) in [6.45, 7) is 0. The van der Waals surface area contributed by atoms with Gasteiger partial charge in [0.1, 0.15) is 2.82 Å². The van der Waals surface area contributed by atoms with Crippen molar-refractivity contribution in [3.05, 3.63) is 140 Å². The molecule has 0 bridgehead atoms. The number of hydrogen-bond donors (Lipinski definition) is 4. The Bertz CT molecular complexity index is 1470. The van der Waals surface area contributed by atoms with Crippen LogP contribution in [0.2, 0.25) is 2.82 Å². The summed E-state index contributed by atoms with van der Waals surface area (Å²) >= 11 is 0. The number of benzene rings is 4. The maximum absolute atomic E-state index is 10.7. The molecule has 0 aromatic heterocycles. The molecule has 4 atom stereocenters. The van der Waals surface area contributed by atoms with Gasteiger partial charge in [-0.15, -0.1) is 0 Å². The SMILES string of the molecule is C.C.[2H]N1C(c2ccc(N)cc2)CCC1c1ccc(N)cc1.[2H]N1C(c2ccc([N+](=O)[O-])cc2)CCC1c1ccc([N+](=O)[O-])cc1. The fourth-order valence-corrected chi connectivity index (χ4v) is 5.45. The Balaban J connectivity index is 0.000000243. The predicted octanol–water partition coefficient (Wildman–Crippen LogP) is 7.96. The third-order valence-corrected chi connectivity index (χ3v) is 7.77. The second-order valence-electron chi connectivity index (χ2n) is 10.5. The van der Waals surface area contributed by atoms with E-state index in [0.717, 1.165) is 59.3 Å². The van der Waals surface area contributed by atoms with Crippen molar-refractivity contribution in [2.75, 3.05) is 11.5 Å². The standard InChI is InChI=1S/C16H15N3O4.C16H19N3.2CH4/c20-18(21)13-5-1-11(2-6-13)15-9-10-16(17-15)12-3-7-14(8-4-12)19(22)23;17-13-5-1-11(2-6-13)15-9-10-16(19-15)12-3-7-14(18)8-4-12;;/h1-8,15-17H,9-10H2;1-8,15-16,19H,9-10,17-18H2;2*1H4/i/hD2. The van der Waals surface area contributed by atoms with Gasteiger partial charge in [-0.1, -0.05) is 63.4 Å². The lowest BCUT2D eigenvalue weighted by Gasteiger charge is -2.15. The van der Waals surface area contributed by atoms with Gasteiger partial charge in [-0.2, -0.15) is 0 Å². The fourth-order valence-electron chi connectivity index (χ4n) is 5.45. The molecule has 44 heavy (non-hydrogen) atoms. The van der Waals surface area contributed by atoms with Crippen LogP contribution in [0.4, 0.5) is 22.7 Å². The molecule has 10 heteroatoms. The molecular formula is C34H42N6O4. The Kier molecular flexibility index (Phi) is 10.5. The summed E-state index contributed by atoms with van der Waals surface area (Å²) < 4.78 is 16.8. The van der Waals surface area contributed by atoms with E-state index in [1.165, 1.54) is 29.6 Å². The number of nitrogen functional groups attached to an aromatic ring is 2. The highest BCUT2D eigenvalue weighted by Gasteiger charge is 2.27. The molecule has 4 aromatic rings. The van der Waals surface area contributed by atoms with Gasteiger partial charge in [0.15, 0.2) is 0 Å². The van der Waals surface area contributed by atoms with Crippen molar-refractivity contribution in [2.45, 2.75) is 64.7 Å². The largest absolute Gasteiger partial charge is 0.399 e. The maximum atomic E-state index is 10.7. The van der Waals surface area contributed by atoms with E-state index in [9.17, 15) is 20.2 Å². The van der Waals surface area contributed by atoms with Crippen LogP contribution in [0.25, 0.3) is 0 Å². The van der Waals surface area contributed by atoms with Gasteiger partial charge in [-0.3, -0.25) is 20.2 Å². The van der Waals surface area contributed by atoms with E-state index >= 15 is 0 Å². The predicted molar refractivity (Wildman–Crippen MR) is 177 cm³/mol. The van der Waals surface area contributed by atoms with Gasteiger partial charge in [0.2, 0.25) is 0 Å². The molecule has 4 unspecified atom stereocenters. The lowest BCUT2D eigenvalue weighted by molar-refractivity contribution is -0.385. The van der Waals surface area contributed by atoms with Crippen LogP contribution in [0, 0.1) is 20.2 Å². The number of nitrogens with one attached hydrogen (secondary N) is 2. The van der Waals surface area contributed by atoms with Crippen molar-refractivity contribution >= 4 is 22.7 Å². The number of rotatable bonds is 6. The molecule has 4 aromatic carbocycles. The van der Waals surface area contributed by atoms with Gasteiger partial charge < -0.3 is 22.1 Å². The zero-order valence-corrected chi connectivity index (χ0v) is 23.0. The van der Waals surface area contributed by atoms with Crippen LogP contribution in [0.5, 0.6) is 0 Å². The summed E-state index contributed by atoms with van der Waals surface area (Å²) in [6.07, 6.45) is 3.48. The number of non-ortho nitro benzene ring substituents is 2. The van der Waals surface area contributed by atoms with Gasteiger partial charge in [0, 0.05) is 59.8 Å². The van der Waals surface area contributed by atoms with Gasteiger partial charge in [0.05, 0.1) is 9.85 Å². The second-order valence-corrected chi connectivity index (χ2v) is 10.5. The Hall–Kier alpha value is -4.80. The van der Waals surface area contributed by atoms with Crippen molar-refractivity contribution in [1.82, 2.24) is 10.6 Å². The molecule has 232 valence electrons. The fraction of sp³-hybridized carbons (Fsp3) is 0.294. The minimum atomic E-state index is -0.448. The Labute approximate surface area is 261 Å². The molecular weight excluding hydrogens is 556 g/mol. The Morgan fingerprint density at radius 2 is 0.750 bits per heavy atom. The summed E-state index contributed by atoms with van der Waals surface area (Å²) in [5.74, 6) is 0. The highest BCUT2D eigenvalue weighted by Crippen LogP contribution is 2.36. The molecule has 0 amide bonds. The van der Waals surface area contributed by atoms with E-state index in [-0.39, 0.29) is 50.4 Å². The topological polar surface area (TPSA) is 162 Å². The number of nitrogens with zero attached hydrogens (tertiary/aromatic N) is 2. The maximum Gasteiger partial charge on any atom is 0.269 e. The molecule has 10 nitrogen and oxygen atoms in total. The molecule has 2 aliphatic rings. The third kappa shape index (κ3) is 8.18. The first-order chi connectivity index (χ1) is 21.1. The summed E-state index contributed by atoms with van der Waals surface area (Å²) in [7, 11) is 0. The first-order valence-electron chi connectivity index (χ1n) is 14.8. The van der Waals surface area contributed by atoms with Crippen LogP contribution in [0.1, 0.15) is 87.0 Å². The molecule has 0 radical (unpaired) electrons. The molecule has 2 aliphatic heterocycles. The Morgan fingerprint density at radius 3 is 0.977 bits per heavy atom. The van der Waals surface area contributed by atoms with Crippen molar-refractivity contribution in [1.29, 1.82) is 0 Å². The van der Waals surface area contributed by atoms with E-state index in [1.807, 2.05) is 48.5 Å². The van der Waals surface area contributed by atoms with Crippen LogP contribution >= 0.6 is 0 Å². The number of hydrogen-bond acceptors (Lipinski definition) is 8. The summed E-state index contributed by atoms with van der Waals surface area (Å²) in [5.41, 5.74) is 17.1. The van der Waals surface area contributed by atoms with E-state index in [1.54, 1.807) is 29.6 Å².